The molecule has 26 heavy (non-hydrogen) atoms. The van der Waals surface area contributed by atoms with Gasteiger partial charge in [-0.1, -0.05) is 6.07 Å². The predicted octanol–water partition coefficient (Wildman–Crippen LogP) is 3.34. The largest absolute Gasteiger partial charge is 0.326 e. The normalized spacial score (nSPS) is 16.8. The molecule has 0 radical (unpaired) electrons. The van der Waals surface area contributed by atoms with Crippen molar-refractivity contribution in [3.05, 3.63) is 46.7 Å². The first-order valence-corrected chi connectivity index (χ1v) is 9.45. The minimum absolute atomic E-state index is 0.0825. The summed E-state index contributed by atoms with van der Waals surface area (Å²) in [6.45, 7) is 2.04. The molecule has 1 fully saturated rings. The van der Waals surface area contributed by atoms with Gasteiger partial charge in [-0.25, -0.2) is 0 Å². The number of nitrogens with one attached hydrogen (secondary N) is 2. The molecule has 0 saturated carbocycles. The Balaban J connectivity index is 1.68. The number of anilines is 2. The van der Waals surface area contributed by atoms with Gasteiger partial charge in [-0.3, -0.25) is 14.4 Å². The van der Waals surface area contributed by atoms with Gasteiger partial charge < -0.3 is 15.5 Å². The topological polar surface area (TPSA) is 78.5 Å². The molecule has 0 spiro atoms. The Kier molecular flexibility index (Phi) is 5.68. The summed E-state index contributed by atoms with van der Waals surface area (Å²) in [6.07, 6.45) is 2.49. The maximum Gasteiger partial charge on any atom is 0.264 e. The smallest absolute Gasteiger partial charge is 0.264 e. The monoisotopic (exact) mass is 371 g/mol. The van der Waals surface area contributed by atoms with Crippen LogP contribution in [-0.2, 0) is 9.59 Å². The number of hydrogen-bond donors (Lipinski definition) is 2. The zero-order chi connectivity index (χ0) is 18.5. The van der Waals surface area contributed by atoms with Gasteiger partial charge in [0.1, 0.15) is 6.04 Å². The van der Waals surface area contributed by atoms with Gasteiger partial charge in [-0.2, -0.15) is 0 Å². The molecule has 3 rings (SSSR count). The zero-order valence-corrected chi connectivity index (χ0v) is 15.3. The molecule has 7 heteroatoms. The summed E-state index contributed by atoms with van der Waals surface area (Å²) in [6, 6.07) is 10.1. The molecule has 2 heterocycles. The van der Waals surface area contributed by atoms with Gasteiger partial charge in [0.15, 0.2) is 0 Å². The highest BCUT2D eigenvalue weighted by Crippen LogP contribution is 2.23. The molecule has 6 nitrogen and oxygen atoms in total. The Morgan fingerprint density at radius 2 is 1.73 bits per heavy atom. The molecule has 3 amide bonds. The summed E-state index contributed by atoms with van der Waals surface area (Å²) in [7, 11) is 0. The molecule has 2 N–H and O–H groups in total. The minimum atomic E-state index is -0.464. The van der Waals surface area contributed by atoms with E-state index in [1.165, 1.54) is 18.3 Å². The summed E-state index contributed by atoms with van der Waals surface area (Å²) in [4.78, 5) is 38.8. The van der Waals surface area contributed by atoms with Crippen molar-refractivity contribution in [1.82, 2.24) is 4.90 Å². The molecular weight excluding hydrogens is 350 g/mol. The van der Waals surface area contributed by atoms with Crippen molar-refractivity contribution >= 4 is 40.4 Å². The van der Waals surface area contributed by atoms with Crippen LogP contribution < -0.4 is 10.6 Å². The van der Waals surface area contributed by atoms with E-state index < -0.39 is 6.04 Å². The molecule has 0 bridgehead atoms. The lowest BCUT2D eigenvalue weighted by molar-refractivity contribution is -0.121. The summed E-state index contributed by atoms with van der Waals surface area (Å²) < 4.78 is 0. The molecule has 2 aromatic rings. The van der Waals surface area contributed by atoms with E-state index in [1.54, 1.807) is 35.2 Å². The Morgan fingerprint density at radius 1 is 1.04 bits per heavy atom. The van der Waals surface area contributed by atoms with Gasteiger partial charge in [-0.15, -0.1) is 11.3 Å². The van der Waals surface area contributed by atoms with Crippen LogP contribution >= 0.6 is 11.3 Å². The van der Waals surface area contributed by atoms with E-state index in [0.29, 0.717) is 29.2 Å². The van der Waals surface area contributed by atoms with E-state index in [4.69, 9.17) is 0 Å². The van der Waals surface area contributed by atoms with E-state index in [-0.39, 0.29) is 17.7 Å². The van der Waals surface area contributed by atoms with Crippen molar-refractivity contribution in [2.75, 3.05) is 17.2 Å². The van der Waals surface area contributed by atoms with Crippen LogP contribution in [-0.4, -0.2) is 35.2 Å². The standard InChI is InChI=1S/C19H21N3O3S/c1-13(23)20-14-7-9-15(10-8-14)21-18(24)16-5-2-3-11-22(16)19(25)17-6-4-12-26-17/h4,6-10,12,16H,2-3,5,11H2,1H3,(H,20,23)(H,21,24). The lowest BCUT2D eigenvalue weighted by atomic mass is 10.0. The van der Waals surface area contributed by atoms with Gasteiger partial charge in [-0.05, 0) is 55.0 Å². The summed E-state index contributed by atoms with van der Waals surface area (Å²) in [5.74, 6) is -0.408. The fourth-order valence-corrected chi connectivity index (χ4v) is 3.73. The van der Waals surface area contributed by atoms with E-state index >= 15 is 0 Å². The van der Waals surface area contributed by atoms with Gasteiger partial charge in [0, 0.05) is 24.8 Å². The van der Waals surface area contributed by atoms with Crippen LogP contribution in [0.15, 0.2) is 41.8 Å². The summed E-state index contributed by atoms with van der Waals surface area (Å²) >= 11 is 1.39. The van der Waals surface area contributed by atoms with Gasteiger partial charge in [0.2, 0.25) is 11.8 Å². The van der Waals surface area contributed by atoms with Crippen molar-refractivity contribution < 1.29 is 14.4 Å². The molecule has 1 unspecified atom stereocenters. The third kappa shape index (κ3) is 4.29. The highest BCUT2D eigenvalue weighted by atomic mass is 32.1. The van der Waals surface area contributed by atoms with Crippen LogP contribution in [0.3, 0.4) is 0 Å². The van der Waals surface area contributed by atoms with Gasteiger partial charge >= 0.3 is 0 Å². The Labute approximate surface area is 156 Å². The maximum atomic E-state index is 12.7. The Morgan fingerprint density at radius 3 is 2.35 bits per heavy atom. The van der Waals surface area contributed by atoms with E-state index in [2.05, 4.69) is 10.6 Å². The average Bonchev–Trinajstić information content (AvgIpc) is 3.17. The van der Waals surface area contributed by atoms with Crippen molar-refractivity contribution in [1.29, 1.82) is 0 Å². The molecule has 136 valence electrons. The second kappa shape index (κ2) is 8.14. The second-order valence-electron chi connectivity index (χ2n) is 6.24. The summed E-state index contributed by atoms with van der Waals surface area (Å²) in [5, 5.41) is 7.43. The lowest BCUT2D eigenvalue weighted by Gasteiger charge is -2.34. The Bertz CT molecular complexity index is 787. The zero-order valence-electron chi connectivity index (χ0n) is 14.5. The van der Waals surface area contributed by atoms with Crippen molar-refractivity contribution in [3.8, 4) is 0 Å². The number of rotatable bonds is 4. The molecule has 1 atom stereocenters. The highest BCUT2D eigenvalue weighted by molar-refractivity contribution is 7.12. The Hall–Kier alpha value is -2.67. The highest BCUT2D eigenvalue weighted by Gasteiger charge is 2.33. The van der Waals surface area contributed by atoms with Crippen LogP contribution in [0, 0.1) is 0 Å². The number of nitrogens with zero attached hydrogens (tertiary/aromatic N) is 1. The van der Waals surface area contributed by atoms with Gasteiger partial charge in [0.25, 0.3) is 5.91 Å². The summed E-state index contributed by atoms with van der Waals surface area (Å²) in [5.41, 5.74) is 1.31. The quantitative estimate of drug-likeness (QED) is 0.865. The third-order valence-electron chi connectivity index (χ3n) is 4.27. The van der Waals surface area contributed by atoms with Crippen LogP contribution in [0.25, 0.3) is 0 Å². The number of likely N-dealkylation sites (tertiary alicyclic amines) is 1. The SMILES string of the molecule is CC(=O)Nc1ccc(NC(=O)C2CCCCN2C(=O)c2cccs2)cc1. The molecule has 0 aliphatic carbocycles. The molecule has 1 saturated heterocycles. The van der Waals surface area contributed by atoms with Crippen LogP contribution in [0.1, 0.15) is 35.9 Å². The van der Waals surface area contributed by atoms with Crippen LogP contribution in [0.4, 0.5) is 11.4 Å². The van der Waals surface area contributed by atoms with Crippen molar-refractivity contribution in [3.63, 3.8) is 0 Å². The number of amides is 3. The number of carbonyl (C=O) groups is 3. The molecular formula is C19H21N3O3S. The predicted molar refractivity (Wildman–Crippen MR) is 102 cm³/mol. The van der Waals surface area contributed by atoms with Crippen LogP contribution in [0.2, 0.25) is 0 Å². The van der Waals surface area contributed by atoms with Crippen molar-refractivity contribution in [2.45, 2.75) is 32.2 Å². The minimum Gasteiger partial charge on any atom is -0.326 e. The van der Waals surface area contributed by atoms with Crippen molar-refractivity contribution in [2.24, 2.45) is 0 Å². The second-order valence-corrected chi connectivity index (χ2v) is 7.18. The van der Waals surface area contributed by atoms with E-state index in [1.807, 2.05) is 11.4 Å². The number of piperidine rings is 1. The number of benzene rings is 1. The first-order chi connectivity index (χ1) is 12.5. The fraction of sp³-hybridized carbons (Fsp3) is 0.316. The maximum absolute atomic E-state index is 12.7. The van der Waals surface area contributed by atoms with Gasteiger partial charge in [0.05, 0.1) is 4.88 Å². The molecule has 1 aromatic heterocycles. The first kappa shape index (κ1) is 18.1. The molecule has 1 aliphatic heterocycles. The molecule has 1 aromatic carbocycles. The number of hydrogen-bond acceptors (Lipinski definition) is 4. The van der Waals surface area contributed by atoms with E-state index in [9.17, 15) is 14.4 Å². The lowest BCUT2D eigenvalue weighted by Crippen LogP contribution is -2.49. The number of thiophene rings is 1. The number of carbonyl (C=O) groups excluding carboxylic acids is 3. The third-order valence-corrected chi connectivity index (χ3v) is 5.13. The molecule has 1 aliphatic rings. The van der Waals surface area contributed by atoms with Crippen LogP contribution in [0.5, 0.6) is 0 Å². The fourth-order valence-electron chi connectivity index (χ4n) is 3.05. The first-order valence-electron chi connectivity index (χ1n) is 8.57. The van der Waals surface area contributed by atoms with E-state index in [0.717, 1.165) is 12.8 Å². The average molecular weight is 371 g/mol.